The molecule has 0 aromatic carbocycles. The summed E-state index contributed by atoms with van der Waals surface area (Å²) in [7, 11) is 0. The Hall–Kier alpha value is -1.93. The van der Waals surface area contributed by atoms with E-state index in [1.807, 2.05) is 0 Å². The summed E-state index contributed by atoms with van der Waals surface area (Å²) in [6, 6.07) is 0.309. The fraction of sp³-hybridized carbons (Fsp3) is 0.417. The summed E-state index contributed by atoms with van der Waals surface area (Å²) >= 11 is 1.39. The summed E-state index contributed by atoms with van der Waals surface area (Å²) in [5.74, 6) is -2.15. The third-order valence-electron chi connectivity index (χ3n) is 2.49. The lowest BCUT2D eigenvalue weighted by atomic mass is 10.2. The molecule has 0 fully saturated rings. The van der Waals surface area contributed by atoms with Crippen LogP contribution >= 0.6 is 11.3 Å². The first-order valence-corrected chi connectivity index (χ1v) is 6.86. The van der Waals surface area contributed by atoms with E-state index >= 15 is 0 Å². The number of carbonyl (C=O) groups excluding carboxylic acids is 2. The molecular formula is C12H16N2O5S. The number of carboxylic acid groups (broad SMARTS) is 1. The molecule has 1 aromatic rings. The molecule has 110 valence electrons. The number of amides is 2. The van der Waals surface area contributed by atoms with Crippen LogP contribution in [0.4, 0.5) is 0 Å². The Balaban J connectivity index is 2.33. The van der Waals surface area contributed by atoms with Crippen LogP contribution < -0.4 is 10.6 Å². The van der Waals surface area contributed by atoms with Crippen LogP contribution in [-0.2, 0) is 9.59 Å². The Morgan fingerprint density at radius 1 is 1.40 bits per heavy atom. The SMILES string of the molecule is CC(O)C(NC(=O)CCNC(=O)c1ccsc1)C(=O)O. The summed E-state index contributed by atoms with van der Waals surface area (Å²) in [4.78, 5) is 33.8. The number of rotatable bonds is 7. The van der Waals surface area contributed by atoms with Crippen LogP contribution in [0.15, 0.2) is 16.8 Å². The third kappa shape index (κ3) is 4.98. The van der Waals surface area contributed by atoms with Crippen molar-refractivity contribution in [2.24, 2.45) is 0 Å². The number of carboxylic acids is 1. The number of hydrogen-bond donors (Lipinski definition) is 4. The van der Waals surface area contributed by atoms with Gasteiger partial charge in [0.15, 0.2) is 6.04 Å². The highest BCUT2D eigenvalue weighted by Gasteiger charge is 2.24. The zero-order valence-corrected chi connectivity index (χ0v) is 11.6. The first kappa shape index (κ1) is 16.1. The summed E-state index contributed by atoms with van der Waals surface area (Å²) in [5.41, 5.74) is 0.516. The molecule has 1 aromatic heterocycles. The molecule has 0 aliphatic rings. The average molecular weight is 300 g/mol. The van der Waals surface area contributed by atoms with E-state index in [1.165, 1.54) is 18.3 Å². The van der Waals surface area contributed by atoms with Gasteiger partial charge in [-0.25, -0.2) is 4.79 Å². The third-order valence-corrected chi connectivity index (χ3v) is 3.17. The lowest BCUT2D eigenvalue weighted by Gasteiger charge is -2.16. The molecule has 2 amide bonds. The molecule has 20 heavy (non-hydrogen) atoms. The minimum Gasteiger partial charge on any atom is -0.480 e. The minimum atomic E-state index is -1.35. The van der Waals surface area contributed by atoms with Crippen LogP contribution in [0.3, 0.4) is 0 Å². The summed E-state index contributed by atoms with van der Waals surface area (Å²) in [6.07, 6.45) is -1.26. The van der Waals surface area contributed by atoms with E-state index in [2.05, 4.69) is 10.6 Å². The Morgan fingerprint density at radius 3 is 2.60 bits per heavy atom. The van der Waals surface area contributed by atoms with Crippen molar-refractivity contribution >= 4 is 29.1 Å². The second kappa shape index (κ2) is 7.61. The Bertz CT molecular complexity index is 472. The van der Waals surface area contributed by atoms with E-state index in [9.17, 15) is 19.5 Å². The van der Waals surface area contributed by atoms with Gasteiger partial charge in [-0.3, -0.25) is 9.59 Å². The molecule has 0 saturated carbocycles. The molecule has 0 aliphatic heterocycles. The maximum Gasteiger partial charge on any atom is 0.328 e. The second-order valence-electron chi connectivity index (χ2n) is 4.14. The predicted molar refractivity (Wildman–Crippen MR) is 72.5 cm³/mol. The van der Waals surface area contributed by atoms with Crippen molar-refractivity contribution in [2.45, 2.75) is 25.5 Å². The van der Waals surface area contributed by atoms with Gasteiger partial charge >= 0.3 is 5.97 Å². The molecule has 1 rings (SSSR count). The summed E-state index contributed by atoms with van der Waals surface area (Å²) < 4.78 is 0. The number of aliphatic hydroxyl groups is 1. The highest BCUT2D eigenvalue weighted by Crippen LogP contribution is 2.05. The molecule has 0 aliphatic carbocycles. The molecule has 0 spiro atoms. The number of aliphatic carboxylic acids is 1. The molecule has 1 heterocycles. The first-order valence-electron chi connectivity index (χ1n) is 5.92. The zero-order valence-electron chi connectivity index (χ0n) is 10.8. The van der Waals surface area contributed by atoms with Crippen LogP contribution in [0.25, 0.3) is 0 Å². The number of aliphatic hydroxyl groups excluding tert-OH is 1. The zero-order chi connectivity index (χ0) is 15.1. The van der Waals surface area contributed by atoms with Gasteiger partial charge in [0.25, 0.3) is 5.91 Å². The Kier molecular flexibility index (Phi) is 6.13. The number of nitrogens with one attached hydrogen (secondary N) is 2. The minimum absolute atomic E-state index is 0.0631. The number of hydrogen-bond acceptors (Lipinski definition) is 5. The van der Waals surface area contributed by atoms with Crippen molar-refractivity contribution in [1.29, 1.82) is 0 Å². The van der Waals surface area contributed by atoms with Crippen LogP contribution in [0.2, 0.25) is 0 Å². The first-order chi connectivity index (χ1) is 9.41. The molecule has 2 atom stereocenters. The van der Waals surface area contributed by atoms with Gasteiger partial charge in [0.05, 0.1) is 6.10 Å². The normalized spacial score (nSPS) is 13.3. The van der Waals surface area contributed by atoms with E-state index in [1.54, 1.807) is 16.8 Å². The van der Waals surface area contributed by atoms with Gasteiger partial charge in [-0.05, 0) is 18.4 Å². The van der Waals surface area contributed by atoms with E-state index < -0.39 is 24.0 Å². The average Bonchev–Trinajstić information content (AvgIpc) is 2.88. The lowest BCUT2D eigenvalue weighted by Crippen LogP contribution is -2.48. The lowest BCUT2D eigenvalue weighted by molar-refractivity contribution is -0.144. The molecule has 2 unspecified atom stereocenters. The number of carbonyl (C=O) groups is 3. The van der Waals surface area contributed by atoms with Crippen molar-refractivity contribution in [3.05, 3.63) is 22.4 Å². The monoisotopic (exact) mass is 300 g/mol. The fourth-order valence-corrected chi connectivity index (χ4v) is 2.06. The van der Waals surface area contributed by atoms with E-state index in [4.69, 9.17) is 5.11 Å². The van der Waals surface area contributed by atoms with Crippen LogP contribution in [-0.4, -0.2) is 46.7 Å². The Morgan fingerprint density at radius 2 is 2.10 bits per heavy atom. The standard InChI is InChI=1S/C12H16N2O5S/c1-7(15)10(12(18)19)14-9(16)2-4-13-11(17)8-3-5-20-6-8/h3,5-7,10,15H,2,4H2,1H3,(H,13,17)(H,14,16)(H,18,19). The van der Waals surface area contributed by atoms with Crippen LogP contribution in [0.5, 0.6) is 0 Å². The van der Waals surface area contributed by atoms with Crippen molar-refractivity contribution in [3.63, 3.8) is 0 Å². The van der Waals surface area contributed by atoms with E-state index in [0.717, 1.165) is 0 Å². The van der Waals surface area contributed by atoms with Gasteiger partial charge in [0.2, 0.25) is 5.91 Å². The van der Waals surface area contributed by atoms with Gasteiger partial charge in [0, 0.05) is 23.9 Å². The Labute approximate surface area is 119 Å². The molecule has 4 N–H and O–H groups in total. The molecule has 0 bridgehead atoms. The van der Waals surface area contributed by atoms with Crippen molar-refractivity contribution < 1.29 is 24.6 Å². The molecule has 0 radical (unpaired) electrons. The van der Waals surface area contributed by atoms with Crippen LogP contribution in [0, 0.1) is 0 Å². The summed E-state index contributed by atoms with van der Waals surface area (Å²) in [6.45, 7) is 1.37. The highest BCUT2D eigenvalue weighted by molar-refractivity contribution is 7.08. The topological polar surface area (TPSA) is 116 Å². The molecule has 0 saturated heterocycles. The quantitative estimate of drug-likeness (QED) is 0.557. The van der Waals surface area contributed by atoms with Gasteiger partial charge in [-0.2, -0.15) is 11.3 Å². The van der Waals surface area contributed by atoms with Gasteiger partial charge in [-0.15, -0.1) is 0 Å². The smallest absolute Gasteiger partial charge is 0.328 e. The number of thiophene rings is 1. The van der Waals surface area contributed by atoms with Crippen molar-refractivity contribution in [3.8, 4) is 0 Å². The van der Waals surface area contributed by atoms with Crippen LogP contribution in [0.1, 0.15) is 23.7 Å². The van der Waals surface area contributed by atoms with Gasteiger partial charge in [-0.1, -0.05) is 0 Å². The fourth-order valence-electron chi connectivity index (χ4n) is 1.42. The molecule has 8 heteroatoms. The van der Waals surface area contributed by atoms with Crippen molar-refractivity contribution in [2.75, 3.05) is 6.54 Å². The maximum absolute atomic E-state index is 11.6. The van der Waals surface area contributed by atoms with Crippen molar-refractivity contribution in [1.82, 2.24) is 10.6 Å². The van der Waals surface area contributed by atoms with Gasteiger partial charge in [0.1, 0.15) is 0 Å². The molecular weight excluding hydrogens is 284 g/mol. The van der Waals surface area contributed by atoms with E-state index in [0.29, 0.717) is 5.56 Å². The second-order valence-corrected chi connectivity index (χ2v) is 4.92. The van der Waals surface area contributed by atoms with E-state index in [-0.39, 0.29) is 18.9 Å². The summed E-state index contributed by atoms with van der Waals surface area (Å²) in [5, 5.41) is 26.2. The highest BCUT2D eigenvalue weighted by atomic mass is 32.1. The largest absolute Gasteiger partial charge is 0.480 e. The molecule has 7 nitrogen and oxygen atoms in total. The predicted octanol–water partition coefficient (Wildman–Crippen LogP) is -0.182. The maximum atomic E-state index is 11.6. The van der Waals surface area contributed by atoms with Gasteiger partial charge < -0.3 is 20.8 Å².